The van der Waals surface area contributed by atoms with E-state index in [9.17, 15) is 8.42 Å². The van der Waals surface area contributed by atoms with Gasteiger partial charge in [-0.2, -0.15) is 4.31 Å². The minimum absolute atomic E-state index is 0. The zero-order valence-corrected chi connectivity index (χ0v) is 20.5. The van der Waals surface area contributed by atoms with Crippen molar-refractivity contribution in [3.05, 3.63) is 52.4 Å². The number of guanidine groups is 1. The molecule has 1 aromatic carbocycles. The van der Waals surface area contributed by atoms with Crippen LogP contribution in [0.2, 0.25) is 0 Å². The standard InChI is InChI=1S/C19H26N4O3S2.HI/c1-15-3-5-16(6-4-15)13-21-19(20-2)22-14-17-7-8-18(27-17)28(24,25)23-9-11-26-12-10-23;/h3-8H,9-14H2,1-2H3,(H2,20,21,22);1H. The normalized spacial score (nSPS) is 15.6. The van der Waals surface area contributed by atoms with Crippen LogP contribution in [-0.2, 0) is 27.8 Å². The summed E-state index contributed by atoms with van der Waals surface area (Å²) in [7, 11) is -1.72. The van der Waals surface area contributed by atoms with Gasteiger partial charge in [-0.1, -0.05) is 29.8 Å². The molecule has 0 bridgehead atoms. The van der Waals surface area contributed by atoms with E-state index in [0.29, 0.717) is 49.6 Å². The Morgan fingerprint density at radius 3 is 2.41 bits per heavy atom. The minimum atomic E-state index is -3.44. The first-order valence-electron chi connectivity index (χ1n) is 9.16. The average Bonchev–Trinajstić information content (AvgIpc) is 3.20. The maximum atomic E-state index is 12.7. The summed E-state index contributed by atoms with van der Waals surface area (Å²) >= 11 is 1.29. The van der Waals surface area contributed by atoms with Gasteiger partial charge in [0.1, 0.15) is 4.21 Å². The molecule has 1 fully saturated rings. The molecular formula is C19H27IN4O3S2. The number of nitrogens with zero attached hydrogens (tertiary/aromatic N) is 2. The Kier molecular flexibility index (Phi) is 9.34. The number of morpholine rings is 1. The van der Waals surface area contributed by atoms with E-state index in [1.54, 1.807) is 13.1 Å². The second-order valence-electron chi connectivity index (χ2n) is 6.50. The van der Waals surface area contributed by atoms with Crippen LogP contribution in [0, 0.1) is 6.92 Å². The van der Waals surface area contributed by atoms with Gasteiger partial charge in [0.05, 0.1) is 19.8 Å². The number of sulfonamides is 1. The highest BCUT2D eigenvalue weighted by Crippen LogP contribution is 2.25. The first-order chi connectivity index (χ1) is 13.5. The number of nitrogens with one attached hydrogen (secondary N) is 2. The lowest BCUT2D eigenvalue weighted by Crippen LogP contribution is -2.40. The van der Waals surface area contributed by atoms with Crippen LogP contribution in [0.3, 0.4) is 0 Å². The zero-order chi connectivity index (χ0) is 20.0. The third-order valence-corrected chi connectivity index (χ3v) is 7.89. The Labute approximate surface area is 193 Å². The van der Waals surface area contributed by atoms with E-state index in [1.165, 1.54) is 26.8 Å². The molecule has 160 valence electrons. The molecule has 2 N–H and O–H groups in total. The summed E-state index contributed by atoms with van der Waals surface area (Å²) in [5, 5.41) is 6.50. The van der Waals surface area contributed by atoms with Crippen molar-refractivity contribution in [2.75, 3.05) is 33.4 Å². The molecule has 0 atom stereocenters. The van der Waals surface area contributed by atoms with Crippen molar-refractivity contribution in [3.63, 3.8) is 0 Å². The molecule has 29 heavy (non-hydrogen) atoms. The second kappa shape index (κ2) is 11.3. The van der Waals surface area contributed by atoms with Crippen molar-refractivity contribution in [2.45, 2.75) is 24.2 Å². The Bertz CT molecular complexity index is 908. The summed E-state index contributed by atoms with van der Waals surface area (Å²) in [5.41, 5.74) is 2.40. The summed E-state index contributed by atoms with van der Waals surface area (Å²) in [6.07, 6.45) is 0. The van der Waals surface area contributed by atoms with Crippen LogP contribution in [0.4, 0.5) is 0 Å². The summed E-state index contributed by atoms with van der Waals surface area (Å²) in [6, 6.07) is 11.8. The Morgan fingerprint density at radius 2 is 1.76 bits per heavy atom. The molecule has 10 heteroatoms. The van der Waals surface area contributed by atoms with Gasteiger partial charge in [0.15, 0.2) is 5.96 Å². The number of halogens is 1. The van der Waals surface area contributed by atoms with Crippen LogP contribution in [0.5, 0.6) is 0 Å². The molecule has 1 saturated heterocycles. The van der Waals surface area contributed by atoms with Gasteiger partial charge in [0.2, 0.25) is 0 Å². The summed E-state index contributed by atoms with van der Waals surface area (Å²) in [4.78, 5) is 5.16. The van der Waals surface area contributed by atoms with Crippen LogP contribution >= 0.6 is 35.3 Å². The minimum Gasteiger partial charge on any atom is -0.379 e. The predicted molar refractivity (Wildman–Crippen MR) is 128 cm³/mol. The van der Waals surface area contributed by atoms with Gasteiger partial charge in [0, 0.05) is 31.6 Å². The SMILES string of the molecule is CN=C(NCc1ccc(C)cc1)NCc1ccc(S(=O)(=O)N2CCOCC2)s1.I. The number of aryl methyl sites for hydroxylation is 1. The molecule has 0 unspecified atom stereocenters. The van der Waals surface area contributed by atoms with Crippen molar-refractivity contribution in [1.29, 1.82) is 0 Å². The number of ether oxygens (including phenoxy) is 1. The van der Waals surface area contributed by atoms with Crippen LogP contribution in [0.1, 0.15) is 16.0 Å². The topological polar surface area (TPSA) is 83.0 Å². The first-order valence-corrected chi connectivity index (χ1v) is 11.4. The van der Waals surface area contributed by atoms with E-state index in [4.69, 9.17) is 4.74 Å². The number of hydrogen-bond donors (Lipinski definition) is 2. The van der Waals surface area contributed by atoms with Gasteiger partial charge in [-0.15, -0.1) is 35.3 Å². The van der Waals surface area contributed by atoms with E-state index in [1.807, 2.05) is 6.07 Å². The molecular weight excluding hydrogens is 523 g/mol. The smallest absolute Gasteiger partial charge is 0.252 e. The average molecular weight is 550 g/mol. The number of hydrogen-bond acceptors (Lipinski definition) is 5. The monoisotopic (exact) mass is 550 g/mol. The van der Waals surface area contributed by atoms with E-state index in [-0.39, 0.29) is 24.0 Å². The third-order valence-electron chi connectivity index (χ3n) is 4.44. The van der Waals surface area contributed by atoms with E-state index < -0.39 is 10.0 Å². The fourth-order valence-corrected chi connectivity index (χ4v) is 5.65. The molecule has 2 aromatic rings. The summed E-state index contributed by atoms with van der Waals surface area (Å²) in [6.45, 7) is 4.95. The van der Waals surface area contributed by atoms with Gasteiger partial charge >= 0.3 is 0 Å². The Morgan fingerprint density at radius 1 is 1.10 bits per heavy atom. The van der Waals surface area contributed by atoms with Gasteiger partial charge in [-0.3, -0.25) is 4.99 Å². The predicted octanol–water partition coefficient (Wildman–Crippen LogP) is 2.56. The quantitative estimate of drug-likeness (QED) is 0.328. The fraction of sp³-hybridized carbons (Fsp3) is 0.421. The molecule has 0 radical (unpaired) electrons. The molecule has 0 amide bonds. The third kappa shape index (κ3) is 6.64. The second-order valence-corrected chi connectivity index (χ2v) is 9.84. The lowest BCUT2D eigenvalue weighted by Gasteiger charge is -2.25. The molecule has 1 aliphatic heterocycles. The number of thiophene rings is 1. The van der Waals surface area contributed by atoms with Crippen molar-refractivity contribution in [1.82, 2.24) is 14.9 Å². The van der Waals surface area contributed by atoms with Gasteiger partial charge in [-0.25, -0.2) is 8.42 Å². The van der Waals surface area contributed by atoms with Crippen molar-refractivity contribution < 1.29 is 13.2 Å². The van der Waals surface area contributed by atoms with Crippen LogP contribution < -0.4 is 10.6 Å². The van der Waals surface area contributed by atoms with Crippen molar-refractivity contribution in [3.8, 4) is 0 Å². The highest BCUT2D eigenvalue weighted by atomic mass is 127. The molecule has 1 aliphatic rings. The van der Waals surface area contributed by atoms with E-state index >= 15 is 0 Å². The molecule has 0 aliphatic carbocycles. The number of rotatable bonds is 6. The number of benzene rings is 1. The van der Waals surface area contributed by atoms with Crippen molar-refractivity contribution in [2.24, 2.45) is 4.99 Å². The summed E-state index contributed by atoms with van der Waals surface area (Å²) in [5.74, 6) is 0.673. The maximum Gasteiger partial charge on any atom is 0.252 e. The molecule has 3 rings (SSSR count). The van der Waals surface area contributed by atoms with Crippen LogP contribution in [-0.4, -0.2) is 52.0 Å². The molecule has 2 heterocycles. The Hall–Kier alpha value is -1.21. The fourth-order valence-electron chi connectivity index (χ4n) is 2.79. The van der Waals surface area contributed by atoms with E-state index in [2.05, 4.69) is 46.8 Å². The molecule has 0 spiro atoms. The highest BCUT2D eigenvalue weighted by Gasteiger charge is 2.27. The van der Waals surface area contributed by atoms with Gasteiger partial charge in [0.25, 0.3) is 10.0 Å². The van der Waals surface area contributed by atoms with Crippen LogP contribution in [0.15, 0.2) is 45.6 Å². The van der Waals surface area contributed by atoms with Gasteiger partial charge in [-0.05, 0) is 24.6 Å². The zero-order valence-electron chi connectivity index (χ0n) is 16.6. The maximum absolute atomic E-state index is 12.7. The molecule has 1 aromatic heterocycles. The van der Waals surface area contributed by atoms with Crippen LogP contribution in [0.25, 0.3) is 0 Å². The lowest BCUT2D eigenvalue weighted by atomic mass is 10.1. The Balaban J connectivity index is 0.00000300. The van der Waals surface area contributed by atoms with Crippen molar-refractivity contribution >= 4 is 51.3 Å². The largest absolute Gasteiger partial charge is 0.379 e. The first kappa shape index (κ1) is 24.1. The summed E-state index contributed by atoms with van der Waals surface area (Å²) < 4.78 is 32.5. The lowest BCUT2D eigenvalue weighted by molar-refractivity contribution is 0.0731. The number of aliphatic imine (C=N–C) groups is 1. The van der Waals surface area contributed by atoms with Gasteiger partial charge < -0.3 is 15.4 Å². The molecule has 0 saturated carbocycles. The highest BCUT2D eigenvalue weighted by molar-refractivity contribution is 14.0. The van der Waals surface area contributed by atoms with E-state index in [0.717, 1.165) is 4.88 Å². The molecule has 7 nitrogen and oxygen atoms in total.